The monoisotopic (exact) mass is 189 g/mol. The zero-order valence-electron chi connectivity index (χ0n) is 8.10. The zero-order valence-corrected chi connectivity index (χ0v) is 8.10. The molecule has 0 radical (unpaired) electrons. The van der Waals surface area contributed by atoms with Gasteiger partial charge in [-0.25, -0.2) is 9.97 Å². The van der Waals surface area contributed by atoms with E-state index in [0.29, 0.717) is 11.6 Å². The van der Waals surface area contributed by atoms with Gasteiger partial charge in [0.25, 0.3) is 0 Å². The van der Waals surface area contributed by atoms with Crippen LogP contribution in [0.15, 0.2) is 18.3 Å². The van der Waals surface area contributed by atoms with Gasteiger partial charge in [-0.05, 0) is 13.0 Å². The van der Waals surface area contributed by atoms with Gasteiger partial charge >= 0.3 is 0 Å². The standard InChI is InChI=1S/C9H11N5/c1-6-11-8(5-9(10)12-6)7-3-4-14(2)13-7/h3-5H,1-2H3,(H2,10,11,12). The first-order valence-corrected chi connectivity index (χ1v) is 4.26. The lowest BCUT2D eigenvalue weighted by Gasteiger charge is -1.99. The Hall–Kier alpha value is -1.91. The molecule has 0 saturated heterocycles. The summed E-state index contributed by atoms with van der Waals surface area (Å²) in [6.07, 6.45) is 1.86. The molecule has 0 fully saturated rings. The van der Waals surface area contributed by atoms with E-state index in [1.165, 1.54) is 0 Å². The van der Waals surface area contributed by atoms with Gasteiger partial charge in [0.2, 0.25) is 0 Å². The average Bonchev–Trinajstić information content (AvgIpc) is 2.50. The first-order chi connectivity index (χ1) is 6.65. The van der Waals surface area contributed by atoms with Crippen LogP contribution in [0.5, 0.6) is 0 Å². The molecule has 0 aliphatic rings. The van der Waals surface area contributed by atoms with Crippen LogP contribution < -0.4 is 5.73 Å². The van der Waals surface area contributed by atoms with Crippen LogP contribution in [0, 0.1) is 6.92 Å². The van der Waals surface area contributed by atoms with Gasteiger partial charge in [0, 0.05) is 19.3 Å². The van der Waals surface area contributed by atoms with Crippen molar-refractivity contribution in [1.29, 1.82) is 0 Å². The van der Waals surface area contributed by atoms with Crippen molar-refractivity contribution in [1.82, 2.24) is 19.7 Å². The fourth-order valence-corrected chi connectivity index (χ4v) is 1.27. The van der Waals surface area contributed by atoms with Crippen LogP contribution in [0.1, 0.15) is 5.82 Å². The molecule has 0 amide bonds. The highest BCUT2D eigenvalue weighted by molar-refractivity contribution is 5.56. The summed E-state index contributed by atoms with van der Waals surface area (Å²) in [5.41, 5.74) is 7.19. The molecule has 72 valence electrons. The minimum atomic E-state index is 0.471. The maximum absolute atomic E-state index is 5.62. The van der Waals surface area contributed by atoms with Gasteiger partial charge in [-0.2, -0.15) is 5.10 Å². The minimum Gasteiger partial charge on any atom is -0.384 e. The fraction of sp³-hybridized carbons (Fsp3) is 0.222. The highest BCUT2D eigenvalue weighted by atomic mass is 15.2. The Morgan fingerprint density at radius 1 is 1.29 bits per heavy atom. The largest absolute Gasteiger partial charge is 0.384 e. The van der Waals surface area contributed by atoms with Crippen LogP contribution in [0.3, 0.4) is 0 Å². The zero-order chi connectivity index (χ0) is 10.1. The first kappa shape index (κ1) is 8.68. The first-order valence-electron chi connectivity index (χ1n) is 4.26. The second kappa shape index (κ2) is 3.10. The van der Waals surface area contributed by atoms with E-state index in [4.69, 9.17) is 5.73 Å². The number of anilines is 1. The highest BCUT2D eigenvalue weighted by Gasteiger charge is 2.04. The predicted molar refractivity (Wildman–Crippen MR) is 53.4 cm³/mol. The quantitative estimate of drug-likeness (QED) is 0.719. The van der Waals surface area contributed by atoms with E-state index < -0.39 is 0 Å². The third kappa shape index (κ3) is 1.56. The normalized spacial score (nSPS) is 10.4. The molecule has 0 aromatic carbocycles. The average molecular weight is 189 g/mol. The summed E-state index contributed by atoms with van der Waals surface area (Å²) in [4.78, 5) is 8.25. The van der Waals surface area contributed by atoms with Gasteiger partial charge in [-0.1, -0.05) is 0 Å². The molecule has 0 aliphatic heterocycles. The van der Waals surface area contributed by atoms with Crippen LogP contribution in [0.4, 0.5) is 5.82 Å². The Balaban J connectivity index is 2.51. The van der Waals surface area contributed by atoms with Gasteiger partial charge in [0.15, 0.2) is 0 Å². The van der Waals surface area contributed by atoms with Crippen molar-refractivity contribution in [2.24, 2.45) is 7.05 Å². The summed E-state index contributed by atoms with van der Waals surface area (Å²) < 4.78 is 1.73. The summed E-state index contributed by atoms with van der Waals surface area (Å²) in [5, 5.41) is 4.23. The van der Waals surface area contributed by atoms with E-state index in [9.17, 15) is 0 Å². The summed E-state index contributed by atoms with van der Waals surface area (Å²) in [6, 6.07) is 3.61. The fourth-order valence-electron chi connectivity index (χ4n) is 1.27. The van der Waals surface area contributed by atoms with Crippen molar-refractivity contribution in [2.45, 2.75) is 6.92 Å². The molecule has 0 unspecified atom stereocenters. The third-order valence-electron chi connectivity index (χ3n) is 1.83. The number of nitrogen functional groups attached to an aromatic ring is 1. The Bertz CT molecular complexity index is 440. The van der Waals surface area contributed by atoms with Gasteiger partial charge < -0.3 is 5.73 Å². The van der Waals surface area contributed by atoms with Crippen LogP contribution in [-0.2, 0) is 7.05 Å². The van der Waals surface area contributed by atoms with E-state index in [2.05, 4.69) is 15.1 Å². The number of aryl methyl sites for hydroxylation is 2. The van der Waals surface area contributed by atoms with Gasteiger partial charge in [-0.15, -0.1) is 0 Å². The molecule has 5 heteroatoms. The molecule has 2 N–H and O–H groups in total. The molecule has 0 aliphatic carbocycles. The molecule has 14 heavy (non-hydrogen) atoms. The van der Waals surface area contributed by atoms with Crippen molar-refractivity contribution >= 4 is 5.82 Å². The summed E-state index contributed by atoms with van der Waals surface area (Å²) in [7, 11) is 1.86. The third-order valence-corrected chi connectivity index (χ3v) is 1.83. The minimum absolute atomic E-state index is 0.471. The van der Waals surface area contributed by atoms with Crippen molar-refractivity contribution in [3.8, 4) is 11.4 Å². The summed E-state index contributed by atoms with van der Waals surface area (Å²) >= 11 is 0. The Labute approximate surface area is 81.6 Å². The van der Waals surface area contributed by atoms with E-state index in [1.54, 1.807) is 10.7 Å². The van der Waals surface area contributed by atoms with Crippen molar-refractivity contribution in [3.05, 3.63) is 24.2 Å². The molecule has 2 aromatic rings. The second-order valence-electron chi connectivity index (χ2n) is 3.10. The predicted octanol–water partition coefficient (Wildman–Crippen LogP) is 0.768. The highest BCUT2D eigenvalue weighted by Crippen LogP contribution is 2.15. The maximum atomic E-state index is 5.62. The number of rotatable bonds is 1. The Morgan fingerprint density at radius 2 is 2.07 bits per heavy atom. The van der Waals surface area contributed by atoms with E-state index in [0.717, 1.165) is 11.4 Å². The smallest absolute Gasteiger partial charge is 0.128 e. The van der Waals surface area contributed by atoms with Crippen molar-refractivity contribution in [2.75, 3.05) is 5.73 Å². The van der Waals surface area contributed by atoms with Crippen LogP contribution >= 0.6 is 0 Å². The molecule has 0 atom stereocenters. The lowest BCUT2D eigenvalue weighted by atomic mass is 10.3. The lowest BCUT2D eigenvalue weighted by molar-refractivity contribution is 0.769. The molecule has 2 rings (SSSR count). The number of nitrogens with zero attached hydrogens (tertiary/aromatic N) is 4. The van der Waals surface area contributed by atoms with Gasteiger partial charge in [-0.3, -0.25) is 4.68 Å². The maximum Gasteiger partial charge on any atom is 0.128 e. The summed E-state index contributed by atoms with van der Waals surface area (Å²) in [6.45, 7) is 1.81. The number of aromatic nitrogens is 4. The van der Waals surface area contributed by atoms with Crippen LogP contribution in [0.2, 0.25) is 0 Å². The van der Waals surface area contributed by atoms with E-state index in [-0.39, 0.29) is 0 Å². The van der Waals surface area contributed by atoms with E-state index >= 15 is 0 Å². The van der Waals surface area contributed by atoms with Gasteiger partial charge in [0.1, 0.15) is 17.3 Å². The van der Waals surface area contributed by atoms with Crippen molar-refractivity contribution < 1.29 is 0 Å². The topological polar surface area (TPSA) is 69.6 Å². The number of nitrogens with two attached hydrogens (primary N) is 1. The van der Waals surface area contributed by atoms with Crippen molar-refractivity contribution in [3.63, 3.8) is 0 Å². The van der Waals surface area contributed by atoms with Crippen LogP contribution in [-0.4, -0.2) is 19.7 Å². The molecular formula is C9H11N5. The molecule has 2 aromatic heterocycles. The lowest BCUT2D eigenvalue weighted by Crippen LogP contribution is -1.98. The molecular weight excluding hydrogens is 178 g/mol. The number of hydrogen-bond donors (Lipinski definition) is 1. The molecule has 2 heterocycles. The molecule has 0 spiro atoms. The van der Waals surface area contributed by atoms with E-state index in [1.807, 2.05) is 26.2 Å². The Morgan fingerprint density at radius 3 is 2.64 bits per heavy atom. The Kier molecular flexibility index (Phi) is 1.92. The molecule has 0 saturated carbocycles. The second-order valence-corrected chi connectivity index (χ2v) is 3.10. The molecule has 0 bridgehead atoms. The SMILES string of the molecule is Cc1nc(N)cc(-c2ccn(C)n2)n1. The summed E-state index contributed by atoms with van der Waals surface area (Å²) in [5.74, 6) is 1.13. The number of hydrogen-bond acceptors (Lipinski definition) is 4. The van der Waals surface area contributed by atoms with Crippen LogP contribution in [0.25, 0.3) is 11.4 Å². The van der Waals surface area contributed by atoms with Gasteiger partial charge in [0.05, 0.1) is 5.69 Å². The molecule has 5 nitrogen and oxygen atoms in total.